The summed E-state index contributed by atoms with van der Waals surface area (Å²) in [5.41, 5.74) is 4.00. The molecule has 0 fully saturated rings. The second-order valence-electron chi connectivity index (χ2n) is 6.29. The van der Waals surface area contributed by atoms with Crippen LogP contribution in [-0.4, -0.2) is 32.7 Å². The van der Waals surface area contributed by atoms with Crippen LogP contribution >= 0.6 is 0 Å². The number of nitrogens with zero attached hydrogens (tertiary/aromatic N) is 1. The monoisotopic (exact) mass is 360 g/mol. The maximum absolute atomic E-state index is 12.2. The maximum atomic E-state index is 12.2. The van der Waals surface area contributed by atoms with Gasteiger partial charge in [0.2, 0.25) is 15.9 Å². The lowest BCUT2D eigenvalue weighted by Crippen LogP contribution is -2.22. The number of amides is 1. The van der Waals surface area contributed by atoms with E-state index in [9.17, 15) is 13.2 Å². The van der Waals surface area contributed by atoms with E-state index in [0.717, 1.165) is 9.87 Å². The van der Waals surface area contributed by atoms with Gasteiger partial charge in [-0.1, -0.05) is 29.8 Å². The van der Waals surface area contributed by atoms with Crippen molar-refractivity contribution in [2.45, 2.75) is 31.6 Å². The van der Waals surface area contributed by atoms with Gasteiger partial charge in [-0.15, -0.1) is 0 Å². The lowest BCUT2D eigenvalue weighted by atomic mass is 10.0. The first kappa shape index (κ1) is 19.1. The second-order valence-corrected chi connectivity index (χ2v) is 8.45. The molecule has 0 saturated carbocycles. The molecule has 0 aliphatic heterocycles. The molecule has 0 aliphatic rings. The summed E-state index contributed by atoms with van der Waals surface area (Å²) in [7, 11) is -0.565. The van der Waals surface area contributed by atoms with Gasteiger partial charge in [-0.3, -0.25) is 4.79 Å². The average molecular weight is 360 g/mol. The van der Waals surface area contributed by atoms with Gasteiger partial charge in [0.1, 0.15) is 0 Å². The summed E-state index contributed by atoms with van der Waals surface area (Å²) in [4.78, 5) is 12.3. The molecule has 5 nitrogen and oxygen atoms in total. The Labute approximate surface area is 149 Å². The Balaban J connectivity index is 2.03. The molecule has 134 valence electrons. The topological polar surface area (TPSA) is 66.5 Å². The molecule has 1 amide bonds. The molecular formula is C19H24N2O3S. The fraction of sp³-hybridized carbons (Fsp3) is 0.316. The minimum atomic E-state index is -3.52. The van der Waals surface area contributed by atoms with Gasteiger partial charge in [0.05, 0.1) is 4.90 Å². The first-order valence-electron chi connectivity index (χ1n) is 8.09. The molecule has 25 heavy (non-hydrogen) atoms. The van der Waals surface area contributed by atoms with E-state index < -0.39 is 10.0 Å². The first-order valence-corrected chi connectivity index (χ1v) is 9.53. The number of benzene rings is 2. The normalized spacial score (nSPS) is 11.6. The first-order chi connectivity index (χ1) is 11.7. The van der Waals surface area contributed by atoms with Gasteiger partial charge < -0.3 is 5.32 Å². The molecule has 0 aliphatic carbocycles. The zero-order valence-corrected chi connectivity index (χ0v) is 15.9. The molecule has 0 unspecified atom stereocenters. The Morgan fingerprint density at radius 2 is 1.80 bits per heavy atom. The highest BCUT2D eigenvalue weighted by Gasteiger charge is 2.17. The number of aryl methyl sites for hydroxylation is 3. The highest BCUT2D eigenvalue weighted by molar-refractivity contribution is 7.89. The summed E-state index contributed by atoms with van der Waals surface area (Å²) in [5, 5.41) is 2.77. The van der Waals surface area contributed by atoms with Crippen molar-refractivity contribution in [3.05, 3.63) is 59.2 Å². The van der Waals surface area contributed by atoms with Crippen LogP contribution in [0.3, 0.4) is 0 Å². The van der Waals surface area contributed by atoms with Crippen molar-refractivity contribution in [3.8, 4) is 0 Å². The second kappa shape index (κ2) is 7.80. The van der Waals surface area contributed by atoms with Crippen molar-refractivity contribution in [1.82, 2.24) is 4.31 Å². The Morgan fingerprint density at radius 1 is 1.08 bits per heavy atom. The number of nitrogens with one attached hydrogen (secondary N) is 1. The van der Waals surface area contributed by atoms with Crippen molar-refractivity contribution in [2.75, 3.05) is 19.4 Å². The molecule has 1 N–H and O–H groups in total. The molecule has 2 aromatic rings. The van der Waals surface area contributed by atoms with Crippen LogP contribution in [0.1, 0.15) is 23.1 Å². The van der Waals surface area contributed by atoms with Crippen LogP contribution in [0.4, 0.5) is 5.69 Å². The number of rotatable bonds is 6. The number of anilines is 1. The van der Waals surface area contributed by atoms with Gasteiger partial charge in [0.15, 0.2) is 0 Å². The number of hydrogen-bond acceptors (Lipinski definition) is 3. The largest absolute Gasteiger partial charge is 0.326 e. The third kappa shape index (κ3) is 4.90. The van der Waals surface area contributed by atoms with Gasteiger partial charge in [0, 0.05) is 26.2 Å². The molecule has 2 rings (SSSR count). The van der Waals surface area contributed by atoms with Gasteiger partial charge >= 0.3 is 0 Å². The fourth-order valence-electron chi connectivity index (χ4n) is 2.54. The van der Waals surface area contributed by atoms with E-state index in [1.807, 2.05) is 26.0 Å². The minimum Gasteiger partial charge on any atom is -0.326 e. The van der Waals surface area contributed by atoms with Gasteiger partial charge in [-0.2, -0.15) is 0 Å². The summed E-state index contributed by atoms with van der Waals surface area (Å²) in [6.07, 6.45) is 0.988. The van der Waals surface area contributed by atoms with E-state index in [-0.39, 0.29) is 10.8 Å². The summed E-state index contributed by atoms with van der Waals surface area (Å²) < 4.78 is 25.5. The highest BCUT2D eigenvalue weighted by Crippen LogP contribution is 2.18. The summed E-state index contributed by atoms with van der Waals surface area (Å²) >= 11 is 0. The van der Waals surface area contributed by atoms with Crippen molar-refractivity contribution >= 4 is 21.6 Å². The molecule has 2 aromatic carbocycles. The molecule has 0 aromatic heterocycles. The molecule has 0 bridgehead atoms. The van der Waals surface area contributed by atoms with E-state index in [2.05, 4.69) is 11.4 Å². The van der Waals surface area contributed by atoms with Crippen LogP contribution < -0.4 is 5.32 Å². The van der Waals surface area contributed by atoms with Gasteiger partial charge in [-0.05, 0) is 49.6 Å². The van der Waals surface area contributed by atoms with Crippen LogP contribution in [0.15, 0.2) is 47.4 Å². The van der Waals surface area contributed by atoms with Crippen LogP contribution in [-0.2, 0) is 21.2 Å². The quantitative estimate of drug-likeness (QED) is 0.861. The van der Waals surface area contributed by atoms with Crippen molar-refractivity contribution < 1.29 is 13.2 Å². The SMILES string of the molecule is Cc1ccc(CCC(=O)Nc2cccc(S(=O)(=O)N(C)C)c2)c(C)c1. The molecule has 0 radical (unpaired) electrons. The van der Waals surface area contributed by atoms with E-state index in [4.69, 9.17) is 0 Å². The smallest absolute Gasteiger partial charge is 0.242 e. The average Bonchev–Trinajstić information content (AvgIpc) is 2.54. The van der Waals surface area contributed by atoms with Crippen LogP contribution in [0.5, 0.6) is 0 Å². The van der Waals surface area contributed by atoms with E-state index in [0.29, 0.717) is 18.5 Å². The molecular weight excluding hydrogens is 336 g/mol. The van der Waals surface area contributed by atoms with Crippen LogP contribution in [0, 0.1) is 13.8 Å². The minimum absolute atomic E-state index is 0.139. The number of carbonyl (C=O) groups excluding carboxylic acids is 1. The Morgan fingerprint density at radius 3 is 2.44 bits per heavy atom. The molecule has 6 heteroatoms. The summed E-state index contributed by atoms with van der Waals surface area (Å²) in [5.74, 6) is -0.139. The lowest BCUT2D eigenvalue weighted by molar-refractivity contribution is -0.116. The summed E-state index contributed by atoms with van der Waals surface area (Å²) in [6.45, 7) is 4.08. The molecule has 0 atom stereocenters. The zero-order chi connectivity index (χ0) is 18.6. The Hall–Kier alpha value is -2.18. The molecule has 0 saturated heterocycles. The third-order valence-electron chi connectivity index (χ3n) is 4.02. The van der Waals surface area contributed by atoms with Gasteiger partial charge in [-0.25, -0.2) is 12.7 Å². The van der Waals surface area contributed by atoms with Gasteiger partial charge in [0.25, 0.3) is 0 Å². The zero-order valence-electron chi connectivity index (χ0n) is 15.0. The molecule has 0 spiro atoms. The van der Waals surface area contributed by atoms with E-state index in [1.165, 1.54) is 37.4 Å². The number of sulfonamides is 1. The van der Waals surface area contributed by atoms with E-state index >= 15 is 0 Å². The number of hydrogen-bond donors (Lipinski definition) is 1. The van der Waals surface area contributed by atoms with Crippen molar-refractivity contribution in [3.63, 3.8) is 0 Å². The highest BCUT2D eigenvalue weighted by atomic mass is 32.2. The lowest BCUT2D eigenvalue weighted by Gasteiger charge is -2.13. The maximum Gasteiger partial charge on any atom is 0.242 e. The van der Waals surface area contributed by atoms with Crippen LogP contribution in [0.2, 0.25) is 0 Å². The van der Waals surface area contributed by atoms with Crippen molar-refractivity contribution in [1.29, 1.82) is 0 Å². The Kier molecular flexibility index (Phi) is 5.98. The third-order valence-corrected chi connectivity index (χ3v) is 5.83. The number of carbonyl (C=O) groups is 1. The van der Waals surface area contributed by atoms with Crippen LogP contribution in [0.25, 0.3) is 0 Å². The predicted octanol–water partition coefficient (Wildman–Crippen LogP) is 3.13. The standard InChI is InChI=1S/C19H24N2O3S/c1-14-8-9-16(15(2)12-14)10-11-19(22)20-17-6-5-7-18(13-17)25(23,24)21(3)4/h5-9,12-13H,10-11H2,1-4H3,(H,20,22). The fourth-order valence-corrected chi connectivity index (χ4v) is 3.49. The predicted molar refractivity (Wildman–Crippen MR) is 100 cm³/mol. The van der Waals surface area contributed by atoms with E-state index in [1.54, 1.807) is 12.1 Å². The summed E-state index contributed by atoms with van der Waals surface area (Å²) in [6, 6.07) is 12.5. The Bertz CT molecular complexity index is 874. The molecule has 0 heterocycles. The van der Waals surface area contributed by atoms with Crippen molar-refractivity contribution in [2.24, 2.45) is 0 Å².